The minimum atomic E-state index is 0.152. The van der Waals surface area contributed by atoms with Crippen molar-refractivity contribution in [3.05, 3.63) is 71.8 Å². The summed E-state index contributed by atoms with van der Waals surface area (Å²) in [6.07, 6.45) is 0. The maximum absolute atomic E-state index is 2.40. The lowest BCUT2D eigenvalue weighted by molar-refractivity contribution is 0.591. The van der Waals surface area contributed by atoms with Gasteiger partial charge in [-0.3, -0.25) is 0 Å². The molecule has 0 bridgehead atoms. The zero-order chi connectivity index (χ0) is 19.8. The molecule has 5 aromatic carbocycles. The third-order valence-corrected chi connectivity index (χ3v) is 6.27. The largest absolute Gasteiger partial charge is 0.0579 e. The monoisotopic (exact) mass is 364 g/mol. The van der Waals surface area contributed by atoms with Gasteiger partial charge in [-0.25, -0.2) is 0 Å². The molecule has 0 spiro atoms. The smallest absolute Gasteiger partial charge is 0.00203 e. The van der Waals surface area contributed by atoms with Crippen LogP contribution in [0.5, 0.6) is 0 Å². The van der Waals surface area contributed by atoms with Crippen molar-refractivity contribution < 1.29 is 0 Å². The maximum Gasteiger partial charge on any atom is -0.00203 e. The Hall–Kier alpha value is -2.60. The lowest BCUT2D eigenvalue weighted by Crippen LogP contribution is -2.11. The van der Waals surface area contributed by atoms with Gasteiger partial charge in [0.1, 0.15) is 0 Å². The van der Waals surface area contributed by atoms with Gasteiger partial charge in [-0.05, 0) is 71.1 Å². The molecule has 0 saturated carbocycles. The summed E-state index contributed by atoms with van der Waals surface area (Å²) in [5.41, 5.74) is 3.10. The second-order valence-electron chi connectivity index (χ2n) is 10.4. The molecular weight excluding hydrogens is 336 g/mol. The standard InChI is InChI=1S/C28H28/c1-27(2,3)21-11-9-17-13-18-7-8-19-14-22(28(4,5)6)15-20-10-12-23(24(17)16-21)26(18)25(19)20/h7-16H,1-6H3. The SMILES string of the molecule is CC(C)(C)c1cc2ccc3cc4ccc(C(C)(C)C)cc4c4ccc(c1)c2c34. The van der Waals surface area contributed by atoms with Gasteiger partial charge in [0.2, 0.25) is 0 Å². The van der Waals surface area contributed by atoms with Gasteiger partial charge in [0.15, 0.2) is 0 Å². The summed E-state index contributed by atoms with van der Waals surface area (Å²) in [5, 5.41) is 10.9. The van der Waals surface area contributed by atoms with Crippen molar-refractivity contribution in [3.8, 4) is 0 Å². The van der Waals surface area contributed by atoms with Crippen LogP contribution in [0.2, 0.25) is 0 Å². The normalized spacial score (nSPS) is 13.4. The molecule has 0 amide bonds. The van der Waals surface area contributed by atoms with Gasteiger partial charge in [-0.2, -0.15) is 0 Å². The van der Waals surface area contributed by atoms with Crippen LogP contribution in [0.3, 0.4) is 0 Å². The molecule has 0 heteroatoms. The summed E-state index contributed by atoms with van der Waals surface area (Å²) in [5.74, 6) is 0. The second kappa shape index (κ2) is 5.47. The first-order valence-corrected chi connectivity index (χ1v) is 10.3. The van der Waals surface area contributed by atoms with Gasteiger partial charge in [-0.15, -0.1) is 0 Å². The first kappa shape index (κ1) is 17.5. The van der Waals surface area contributed by atoms with Crippen molar-refractivity contribution >= 4 is 43.1 Å². The Balaban J connectivity index is 1.95. The molecule has 28 heavy (non-hydrogen) atoms. The van der Waals surface area contributed by atoms with Gasteiger partial charge in [-0.1, -0.05) is 96.1 Å². The van der Waals surface area contributed by atoms with Gasteiger partial charge < -0.3 is 0 Å². The number of hydrogen-bond donors (Lipinski definition) is 0. The molecule has 0 aliphatic heterocycles. The predicted octanol–water partition coefficient (Wildman–Crippen LogP) is 8.33. The topological polar surface area (TPSA) is 0 Å². The van der Waals surface area contributed by atoms with Crippen LogP contribution in [0.4, 0.5) is 0 Å². The van der Waals surface area contributed by atoms with E-state index >= 15 is 0 Å². The van der Waals surface area contributed by atoms with Crippen molar-refractivity contribution in [2.45, 2.75) is 52.4 Å². The van der Waals surface area contributed by atoms with E-state index in [2.05, 4.69) is 102 Å². The van der Waals surface area contributed by atoms with Crippen LogP contribution in [-0.4, -0.2) is 0 Å². The number of benzene rings is 5. The molecule has 0 aliphatic rings. The van der Waals surface area contributed by atoms with E-state index in [-0.39, 0.29) is 10.8 Å². The van der Waals surface area contributed by atoms with Crippen LogP contribution in [0.25, 0.3) is 43.1 Å². The highest BCUT2D eigenvalue weighted by atomic mass is 14.2. The molecule has 140 valence electrons. The van der Waals surface area contributed by atoms with Crippen LogP contribution < -0.4 is 0 Å². The molecular formula is C28H28. The van der Waals surface area contributed by atoms with E-state index in [1.54, 1.807) is 0 Å². The van der Waals surface area contributed by atoms with Gasteiger partial charge in [0.05, 0.1) is 0 Å². The maximum atomic E-state index is 2.40. The van der Waals surface area contributed by atoms with Crippen molar-refractivity contribution in [1.29, 1.82) is 0 Å². The molecule has 0 unspecified atom stereocenters. The highest BCUT2D eigenvalue weighted by Gasteiger charge is 2.19. The fourth-order valence-corrected chi connectivity index (χ4v) is 4.52. The number of hydrogen-bond acceptors (Lipinski definition) is 0. The summed E-state index contributed by atoms with van der Waals surface area (Å²) < 4.78 is 0. The Morgan fingerprint density at radius 1 is 0.429 bits per heavy atom. The first-order chi connectivity index (χ1) is 13.1. The van der Waals surface area contributed by atoms with Crippen molar-refractivity contribution in [3.63, 3.8) is 0 Å². The Morgan fingerprint density at radius 2 is 0.964 bits per heavy atom. The lowest BCUT2D eigenvalue weighted by atomic mass is 9.82. The molecule has 5 aromatic rings. The molecule has 0 saturated heterocycles. The molecule has 0 aromatic heterocycles. The third-order valence-electron chi connectivity index (χ3n) is 6.27. The van der Waals surface area contributed by atoms with Crippen LogP contribution >= 0.6 is 0 Å². The van der Waals surface area contributed by atoms with E-state index in [0.717, 1.165) is 0 Å². The average molecular weight is 365 g/mol. The van der Waals surface area contributed by atoms with Crippen LogP contribution in [0.1, 0.15) is 52.7 Å². The van der Waals surface area contributed by atoms with E-state index in [4.69, 9.17) is 0 Å². The number of fused-ring (bicyclic) bond motifs is 2. The van der Waals surface area contributed by atoms with Crippen molar-refractivity contribution in [1.82, 2.24) is 0 Å². The molecule has 0 heterocycles. The molecule has 0 fully saturated rings. The average Bonchev–Trinajstić information content (AvgIpc) is 2.63. The highest BCUT2D eigenvalue weighted by molar-refractivity contribution is 6.29. The first-order valence-electron chi connectivity index (χ1n) is 10.3. The second-order valence-corrected chi connectivity index (χ2v) is 10.4. The van der Waals surface area contributed by atoms with Gasteiger partial charge in [0, 0.05) is 0 Å². The summed E-state index contributed by atoms with van der Waals surface area (Å²) in [6.45, 7) is 13.7. The fourth-order valence-electron chi connectivity index (χ4n) is 4.52. The van der Waals surface area contributed by atoms with E-state index in [0.29, 0.717) is 0 Å². The van der Waals surface area contributed by atoms with Gasteiger partial charge >= 0.3 is 0 Å². The minimum absolute atomic E-state index is 0.152. The zero-order valence-corrected chi connectivity index (χ0v) is 17.8. The quantitative estimate of drug-likeness (QED) is 0.191. The predicted molar refractivity (Wildman–Crippen MR) is 125 cm³/mol. The lowest BCUT2D eigenvalue weighted by Gasteiger charge is -2.22. The Labute approximate surface area is 167 Å². The molecule has 5 rings (SSSR count). The highest BCUT2D eigenvalue weighted by Crippen LogP contribution is 2.41. The van der Waals surface area contributed by atoms with Crippen LogP contribution in [-0.2, 0) is 10.8 Å². The summed E-state index contributed by atoms with van der Waals surface area (Å²) in [4.78, 5) is 0. The molecule has 0 atom stereocenters. The molecule has 0 nitrogen and oxygen atoms in total. The Morgan fingerprint density at radius 3 is 1.57 bits per heavy atom. The van der Waals surface area contributed by atoms with E-state index in [9.17, 15) is 0 Å². The van der Waals surface area contributed by atoms with Crippen molar-refractivity contribution in [2.24, 2.45) is 0 Å². The summed E-state index contributed by atoms with van der Waals surface area (Å²) in [7, 11) is 0. The third kappa shape index (κ3) is 2.51. The van der Waals surface area contributed by atoms with E-state index < -0.39 is 0 Å². The molecule has 0 radical (unpaired) electrons. The van der Waals surface area contributed by atoms with Crippen LogP contribution in [0.15, 0.2) is 60.7 Å². The summed E-state index contributed by atoms with van der Waals surface area (Å²) in [6, 6.07) is 23.4. The number of rotatable bonds is 0. The molecule has 0 aliphatic carbocycles. The van der Waals surface area contributed by atoms with E-state index in [1.807, 2.05) is 0 Å². The van der Waals surface area contributed by atoms with Crippen molar-refractivity contribution in [2.75, 3.05) is 0 Å². The Bertz CT molecular complexity index is 1340. The van der Waals surface area contributed by atoms with E-state index in [1.165, 1.54) is 54.2 Å². The summed E-state index contributed by atoms with van der Waals surface area (Å²) >= 11 is 0. The minimum Gasteiger partial charge on any atom is -0.0579 e. The van der Waals surface area contributed by atoms with Crippen LogP contribution in [0, 0.1) is 0 Å². The van der Waals surface area contributed by atoms with Gasteiger partial charge in [0.25, 0.3) is 0 Å². The fraction of sp³-hybridized carbons (Fsp3) is 0.286. The zero-order valence-electron chi connectivity index (χ0n) is 17.8. The molecule has 0 N–H and O–H groups in total. The Kier molecular flexibility index (Phi) is 3.42.